The van der Waals surface area contributed by atoms with Gasteiger partial charge in [0.05, 0.1) is 0 Å². The SMILES string of the molecule is CC(CCC(=O)O)N1CCC(N(C)C)CC1. The van der Waals surface area contributed by atoms with Crippen LogP contribution in [0.25, 0.3) is 0 Å². The zero-order chi connectivity index (χ0) is 12.1. The lowest BCUT2D eigenvalue weighted by atomic mass is 10.0. The number of carboxylic acid groups (broad SMARTS) is 1. The van der Waals surface area contributed by atoms with E-state index in [1.54, 1.807) is 0 Å². The molecule has 0 spiro atoms. The summed E-state index contributed by atoms with van der Waals surface area (Å²) in [6, 6.07) is 1.10. The van der Waals surface area contributed by atoms with Crippen LogP contribution < -0.4 is 0 Å². The van der Waals surface area contributed by atoms with Gasteiger partial charge in [-0.2, -0.15) is 0 Å². The minimum absolute atomic E-state index is 0.286. The van der Waals surface area contributed by atoms with Gasteiger partial charge in [0, 0.05) is 18.5 Å². The zero-order valence-electron chi connectivity index (χ0n) is 10.6. The summed E-state index contributed by atoms with van der Waals surface area (Å²) >= 11 is 0. The minimum atomic E-state index is -0.685. The summed E-state index contributed by atoms with van der Waals surface area (Å²) in [5.41, 5.74) is 0. The van der Waals surface area contributed by atoms with Gasteiger partial charge in [-0.1, -0.05) is 0 Å². The standard InChI is InChI=1S/C12H24N2O2/c1-10(4-5-12(15)16)14-8-6-11(7-9-14)13(2)3/h10-11H,4-9H2,1-3H3,(H,15,16). The van der Waals surface area contributed by atoms with Crippen molar-refractivity contribution in [1.29, 1.82) is 0 Å². The summed E-state index contributed by atoms with van der Waals surface area (Å²) in [6.07, 6.45) is 3.45. The van der Waals surface area contributed by atoms with E-state index in [1.165, 1.54) is 12.8 Å². The van der Waals surface area contributed by atoms with Gasteiger partial charge in [0.15, 0.2) is 0 Å². The lowest BCUT2D eigenvalue weighted by molar-refractivity contribution is -0.137. The molecule has 0 amide bonds. The van der Waals surface area contributed by atoms with E-state index in [0.29, 0.717) is 12.1 Å². The third kappa shape index (κ3) is 4.10. The molecule has 0 aromatic rings. The topological polar surface area (TPSA) is 43.8 Å². The summed E-state index contributed by atoms with van der Waals surface area (Å²) in [5.74, 6) is -0.685. The highest BCUT2D eigenvalue weighted by molar-refractivity contribution is 5.66. The Balaban J connectivity index is 2.27. The molecule has 1 atom stereocenters. The maximum Gasteiger partial charge on any atom is 0.303 e. The Bertz CT molecular complexity index is 223. The molecule has 0 aromatic carbocycles. The summed E-state index contributed by atoms with van der Waals surface area (Å²) < 4.78 is 0. The van der Waals surface area contributed by atoms with Crippen molar-refractivity contribution in [3.63, 3.8) is 0 Å². The molecular weight excluding hydrogens is 204 g/mol. The number of carboxylic acids is 1. The van der Waals surface area contributed by atoms with Crippen molar-refractivity contribution >= 4 is 5.97 Å². The number of nitrogens with zero attached hydrogens (tertiary/aromatic N) is 2. The molecule has 1 aliphatic heterocycles. The van der Waals surface area contributed by atoms with Crippen LogP contribution in [0, 0.1) is 0 Å². The van der Waals surface area contributed by atoms with Crippen molar-refractivity contribution in [3.8, 4) is 0 Å². The number of carbonyl (C=O) groups is 1. The predicted octanol–water partition coefficient (Wildman–Crippen LogP) is 1.27. The van der Waals surface area contributed by atoms with Crippen LogP contribution in [-0.4, -0.2) is 60.1 Å². The highest BCUT2D eigenvalue weighted by atomic mass is 16.4. The van der Waals surface area contributed by atoms with Gasteiger partial charge in [0.25, 0.3) is 0 Å². The summed E-state index contributed by atoms with van der Waals surface area (Å²) in [7, 11) is 4.27. The summed E-state index contributed by atoms with van der Waals surface area (Å²) in [6.45, 7) is 4.34. The maximum atomic E-state index is 10.5. The molecule has 0 saturated carbocycles. The third-order valence-electron chi connectivity index (χ3n) is 3.63. The molecule has 94 valence electrons. The molecule has 4 nitrogen and oxygen atoms in total. The van der Waals surface area contributed by atoms with Crippen molar-refractivity contribution in [1.82, 2.24) is 9.80 Å². The number of rotatable bonds is 5. The van der Waals surface area contributed by atoms with Gasteiger partial charge in [-0.05, 0) is 53.4 Å². The highest BCUT2D eigenvalue weighted by Crippen LogP contribution is 2.18. The second kappa shape index (κ2) is 6.21. The average Bonchev–Trinajstić information content (AvgIpc) is 2.26. The van der Waals surface area contributed by atoms with Crippen molar-refractivity contribution in [2.45, 2.75) is 44.7 Å². The lowest BCUT2D eigenvalue weighted by Crippen LogP contribution is -2.45. The lowest BCUT2D eigenvalue weighted by Gasteiger charge is -2.38. The second-order valence-corrected chi connectivity index (χ2v) is 5.01. The smallest absolute Gasteiger partial charge is 0.303 e. The van der Waals surface area contributed by atoms with Crippen LogP contribution in [0.1, 0.15) is 32.6 Å². The van der Waals surface area contributed by atoms with Gasteiger partial charge in [-0.3, -0.25) is 4.79 Å². The van der Waals surface area contributed by atoms with Crippen LogP contribution in [0.4, 0.5) is 0 Å². The van der Waals surface area contributed by atoms with Gasteiger partial charge >= 0.3 is 5.97 Å². The number of hydrogen-bond acceptors (Lipinski definition) is 3. The maximum absolute atomic E-state index is 10.5. The molecule has 4 heteroatoms. The zero-order valence-corrected chi connectivity index (χ0v) is 10.6. The van der Waals surface area contributed by atoms with E-state index in [0.717, 1.165) is 19.5 Å². The molecule has 1 saturated heterocycles. The van der Waals surface area contributed by atoms with Crippen LogP contribution in [0.2, 0.25) is 0 Å². The third-order valence-corrected chi connectivity index (χ3v) is 3.63. The van der Waals surface area contributed by atoms with E-state index >= 15 is 0 Å². The predicted molar refractivity (Wildman–Crippen MR) is 64.6 cm³/mol. The first-order valence-corrected chi connectivity index (χ1v) is 6.13. The normalized spacial score (nSPS) is 21.2. The fourth-order valence-electron chi connectivity index (χ4n) is 2.36. The Labute approximate surface area is 98.2 Å². The van der Waals surface area contributed by atoms with E-state index in [4.69, 9.17) is 5.11 Å². The van der Waals surface area contributed by atoms with Crippen molar-refractivity contribution in [2.75, 3.05) is 27.2 Å². The quantitative estimate of drug-likeness (QED) is 0.769. The average molecular weight is 228 g/mol. The Morgan fingerprint density at radius 1 is 1.44 bits per heavy atom. The van der Waals surface area contributed by atoms with Crippen molar-refractivity contribution in [2.24, 2.45) is 0 Å². The molecule has 1 fully saturated rings. The van der Waals surface area contributed by atoms with E-state index in [1.807, 2.05) is 0 Å². The first kappa shape index (κ1) is 13.5. The first-order valence-electron chi connectivity index (χ1n) is 6.13. The van der Waals surface area contributed by atoms with Gasteiger partial charge in [0.2, 0.25) is 0 Å². The summed E-state index contributed by atoms with van der Waals surface area (Å²) in [4.78, 5) is 15.2. The Morgan fingerprint density at radius 3 is 2.44 bits per heavy atom. The Kier molecular flexibility index (Phi) is 5.22. The Hall–Kier alpha value is -0.610. The van der Waals surface area contributed by atoms with Crippen molar-refractivity contribution < 1.29 is 9.90 Å². The monoisotopic (exact) mass is 228 g/mol. The molecule has 0 aliphatic carbocycles. The molecular formula is C12H24N2O2. The van der Waals surface area contributed by atoms with E-state index in [9.17, 15) is 4.79 Å². The largest absolute Gasteiger partial charge is 0.481 e. The van der Waals surface area contributed by atoms with Gasteiger partial charge < -0.3 is 14.9 Å². The van der Waals surface area contributed by atoms with Crippen LogP contribution in [0.15, 0.2) is 0 Å². The van der Waals surface area contributed by atoms with E-state index in [2.05, 4.69) is 30.8 Å². The molecule has 0 bridgehead atoms. The number of aliphatic carboxylic acids is 1. The van der Waals surface area contributed by atoms with E-state index in [-0.39, 0.29) is 6.42 Å². The highest BCUT2D eigenvalue weighted by Gasteiger charge is 2.23. The molecule has 1 aliphatic rings. The Morgan fingerprint density at radius 2 is 2.00 bits per heavy atom. The molecule has 1 heterocycles. The van der Waals surface area contributed by atoms with Gasteiger partial charge in [-0.15, -0.1) is 0 Å². The number of piperidine rings is 1. The van der Waals surface area contributed by atoms with Crippen LogP contribution in [0.5, 0.6) is 0 Å². The van der Waals surface area contributed by atoms with Gasteiger partial charge in [-0.25, -0.2) is 0 Å². The molecule has 0 aromatic heterocycles. The molecule has 0 radical (unpaired) electrons. The van der Waals surface area contributed by atoms with Gasteiger partial charge in [0.1, 0.15) is 0 Å². The fourth-order valence-corrected chi connectivity index (χ4v) is 2.36. The molecule has 1 N–H and O–H groups in total. The minimum Gasteiger partial charge on any atom is -0.481 e. The molecule has 16 heavy (non-hydrogen) atoms. The van der Waals surface area contributed by atoms with Crippen LogP contribution in [0.3, 0.4) is 0 Å². The number of likely N-dealkylation sites (tertiary alicyclic amines) is 1. The molecule has 1 unspecified atom stereocenters. The van der Waals surface area contributed by atoms with E-state index < -0.39 is 5.97 Å². The second-order valence-electron chi connectivity index (χ2n) is 5.01. The molecule has 1 rings (SSSR count). The fraction of sp³-hybridized carbons (Fsp3) is 0.917. The van der Waals surface area contributed by atoms with Crippen LogP contribution in [-0.2, 0) is 4.79 Å². The first-order chi connectivity index (χ1) is 7.50. The summed E-state index contributed by atoms with van der Waals surface area (Å²) in [5, 5.41) is 8.65. The van der Waals surface area contributed by atoms with Crippen LogP contribution >= 0.6 is 0 Å². The van der Waals surface area contributed by atoms with Crippen molar-refractivity contribution in [3.05, 3.63) is 0 Å². The number of hydrogen-bond donors (Lipinski definition) is 1.